The van der Waals surface area contributed by atoms with Gasteiger partial charge in [0.1, 0.15) is 5.75 Å². The molecule has 4 heteroatoms. The Labute approximate surface area is 97.2 Å². The molecule has 0 unspecified atom stereocenters. The van der Waals surface area contributed by atoms with E-state index in [1.54, 1.807) is 0 Å². The molecule has 0 aliphatic heterocycles. The Kier molecular flexibility index (Phi) is 5.04. The fraction of sp³-hybridized carbons (Fsp3) is 0.500. The van der Waals surface area contributed by atoms with Crippen LogP contribution in [0.25, 0.3) is 0 Å². The van der Waals surface area contributed by atoms with Crippen molar-refractivity contribution in [1.82, 2.24) is 0 Å². The third kappa shape index (κ3) is 3.99. The standard InChI is InChI=1S/C12H19O3P/c1-4-16(13,5-2)15-10-14-12-8-6-11(3)7-9-12/h6-9H,4-5,10H2,1-3H3. The van der Waals surface area contributed by atoms with Crippen LogP contribution in [-0.2, 0) is 9.09 Å². The normalized spacial score (nSPS) is 11.4. The molecule has 1 rings (SSSR count). The minimum Gasteiger partial charge on any atom is -0.467 e. The van der Waals surface area contributed by atoms with E-state index in [0.29, 0.717) is 12.3 Å². The topological polar surface area (TPSA) is 35.5 Å². The molecule has 0 radical (unpaired) electrons. The van der Waals surface area contributed by atoms with E-state index in [9.17, 15) is 4.57 Å². The number of hydrogen-bond acceptors (Lipinski definition) is 3. The molecule has 0 heterocycles. The van der Waals surface area contributed by atoms with Crippen molar-refractivity contribution in [2.24, 2.45) is 0 Å². The van der Waals surface area contributed by atoms with Gasteiger partial charge in [0.05, 0.1) is 0 Å². The van der Waals surface area contributed by atoms with E-state index in [-0.39, 0.29) is 6.79 Å². The van der Waals surface area contributed by atoms with Crippen LogP contribution in [0.15, 0.2) is 24.3 Å². The Balaban J connectivity index is 2.41. The van der Waals surface area contributed by atoms with Crippen LogP contribution in [0, 0.1) is 6.92 Å². The van der Waals surface area contributed by atoms with E-state index >= 15 is 0 Å². The molecule has 16 heavy (non-hydrogen) atoms. The van der Waals surface area contributed by atoms with Crippen LogP contribution in [0.2, 0.25) is 0 Å². The Bertz CT molecular complexity index is 351. The Morgan fingerprint density at radius 2 is 1.69 bits per heavy atom. The molecule has 0 spiro atoms. The second kappa shape index (κ2) is 6.07. The molecular formula is C12H19O3P. The van der Waals surface area contributed by atoms with Gasteiger partial charge in [-0.3, -0.25) is 9.09 Å². The molecule has 0 saturated carbocycles. The minimum atomic E-state index is -2.45. The fourth-order valence-corrected chi connectivity index (χ4v) is 2.29. The van der Waals surface area contributed by atoms with Crippen LogP contribution in [0.3, 0.4) is 0 Å². The lowest BCUT2D eigenvalue weighted by Gasteiger charge is -2.15. The zero-order valence-electron chi connectivity index (χ0n) is 10.1. The monoisotopic (exact) mass is 242 g/mol. The molecule has 0 atom stereocenters. The van der Waals surface area contributed by atoms with Gasteiger partial charge in [0.15, 0.2) is 6.79 Å². The SMILES string of the molecule is CCP(=O)(CC)OCOc1ccc(C)cc1. The maximum atomic E-state index is 11.9. The smallest absolute Gasteiger partial charge is 0.205 e. The summed E-state index contributed by atoms with van der Waals surface area (Å²) in [4.78, 5) is 0. The molecule has 1 aromatic rings. The van der Waals surface area contributed by atoms with E-state index in [2.05, 4.69) is 0 Å². The van der Waals surface area contributed by atoms with Gasteiger partial charge in [-0.25, -0.2) is 0 Å². The number of rotatable bonds is 6. The van der Waals surface area contributed by atoms with Gasteiger partial charge in [-0.15, -0.1) is 0 Å². The van der Waals surface area contributed by atoms with Gasteiger partial charge in [-0.2, -0.15) is 0 Å². The van der Waals surface area contributed by atoms with Crippen molar-refractivity contribution < 1.29 is 13.8 Å². The minimum absolute atomic E-state index is 0.0576. The largest absolute Gasteiger partial charge is 0.467 e. The van der Waals surface area contributed by atoms with Crippen molar-refractivity contribution in [2.45, 2.75) is 20.8 Å². The van der Waals surface area contributed by atoms with Gasteiger partial charge in [0.25, 0.3) is 0 Å². The maximum absolute atomic E-state index is 11.9. The summed E-state index contributed by atoms with van der Waals surface area (Å²) >= 11 is 0. The molecule has 0 N–H and O–H groups in total. The van der Waals surface area contributed by atoms with Crippen LogP contribution in [-0.4, -0.2) is 19.1 Å². The summed E-state index contributed by atoms with van der Waals surface area (Å²) < 4.78 is 22.6. The third-order valence-corrected chi connectivity index (χ3v) is 5.00. The van der Waals surface area contributed by atoms with Crippen LogP contribution in [0.1, 0.15) is 19.4 Å². The lowest BCUT2D eigenvalue weighted by Crippen LogP contribution is -2.04. The fourth-order valence-electron chi connectivity index (χ4n) is 1.23. The summed E-state index contributed by atoms with van der Waals surface area (Å²) in [5, 5.41) is 0. The predicted octanol–water partition coefficient (Wildman–Crippen LogP) is 3.67. The second-order valence-electron chi connectivity index (χ2n) is 3.65. The molecule has 3 nitrogen and oxygen atoms in total. The lowest BCUT2D eigenvalue weighted by molar-refractivity contribution is 0.123. The number of hydrogen-bond donors (Lipinski definition) is 0. The summed E-state index contributed by atoms with van der Waals surface area (Å²) in [6.07, 6.45) is 1.11. The van der Waals surface area contributed by atoms with Crippen LogP contribution in [0.5, 0.6) is 5.75 Å². The summed E-state index contributed by atoms with van der Waals surface area (Å²) in [5.41, 5.74) is 1.18. The van der Waals surface area contributed by atoms with E-state index in [0.717, 1.165) is 5.75 Å². The van der Waals surface area contributed by atoms with Crippen molar-refractivity contribution in [1.29, 1.82) is 0 Å². The number of ether oxygens (including phenoxy) is 1. The van der Waals surface area contributed by atoms with Crippen LogP contribution >= 0.6 is 7.37 Å². The molecular weight excluding hydrogens is 223 g/mol. The van der Waals surface area contributed by atoms with Crippen molar-refractivity contribution in [3.05, 3.63) is 29.8 Å². The van der Waals surface area contributed by atoms with Crippen molar-refractivity contribution in [2.75, 3.05) is 19.1 Å². The van der Waals surface area contributed by atoms with Gasteiger partial charge >= 0.3 is 0 Å². The Hall–Kier alpha value is -0.790. The zero-order chi connectivity index (χ0) is 12.0. The second-order valence-corrected chi connectivity index (χ2v) is 6.80. The summed E-state index contributed by atoms with van der Waals surface area (Å²) in [7, 11) is -2.45. The lowest BCUT2D eigenvalue weighted by atomic mass is 10.2. The average Bonchev–Trinajstić information content (AvgIpc) is 2.31. The molecule has 0 aliphatic rings. The van der Waals surface area contributed by atoms with Crippen molar-refractivity contribution in [3.63, 3.8) is 0 Å². The first-order chi connectivity index (χ1) is 7.59. The molecule has 0 aromatic heterocycles. The van der Waals surface area contributed by atoms with Gasteiger partial charge < -0.3 is 4.74 Å². The van der Waals surface area contributed by atoms with E-state index in [1.165, 1.54) is 5.56 Å². The molecule has 0 aliphatic carbocycles. The first kappa shape index (κ1) is 13.3. The summed E-state index contributed by atoms with van der Waals surface area (Å²) in [5.74, 6) is 0.740. The van der Waals surface area contributed by atoms with Crippen LogP contribution < -0.4 is 4.74 Å². The van der Waals surface area contributed by atoms with Crippen molar-refractivity contribution >= 4 is 7.37 Å². The molecule has 0 fully saturated rings. The highest BCUT2D eigenvalue weighted by molar-refractivity contribution is 7.58. The Morgan fingerprint density at radius 3 is 2.19 bits per heavy atom. The molecule has 90 valence electrons. The summed E-state index contributed by atoms with van der Waals surface area (Å²) in [6, 6.07) is 7.69. The van der Waals surface area contributed by atoms with Gasteiger partial charge in [0, 0.05) is 12.3 Å². The zero-order valence-corrected chi connectivity index (χ0v) is 11.0. The quantitative estimate of drug-likeness (QED) is 0.564. The highest BCUT2D eigenvalue weighted by Gasteiger charge is 2.17. The first-order valence-electron chi connectivity index (χ1n) is 5.51. The first-order valence-corrected chi connectivity index (χ1v) is 7.51. The number of aryl methyl sites for hydroxylation is 1. The molecule has 0 bridgehead atoms. The van der Waals surface area contributed by atoms with E-state index < -0.39 is 7.37 Å². The highest BCUT2D eigenvalue weighted by Crippen LogP contribution is 2.45. The maximum Gasteiger partial charge on any atom is 0.205 e. The van der Waals surface area contributed by atoms with Crippen LogP contribution in [0.4, 0.5) is 0 Å². The Morgan fingerprint density at radius 1 is 1.12 bits per heavy atom. The number of benzene rings is 1. The van der Waals surface area contributed by atoms with E-state index in [4.69, 9.17) is 9.26 Å². The average molecular weight is 242 g/mol. The van der Waals surface area contributed by atoms with Crippen molar-refractivity contribution in [3.8, 4) is 5.75 Å². The predicted molar refractivity (Wildman–Crippen MR) is 66.4 cm³/mol. The summed E-state index contributed by atoms with van der Waals surface area (Å²) in [6.45, 7) is 5.82. The van der Waals surface area contributed by atoms with Gasteiger partial charge in [-0.1, -0.05) is 31.5 Å². The third-order valence-electron chi connectivity index (χ3n) is 2.50. The highest BCUT2D eigenvalue weighted by atomic mass is 31.2. The van der Waals surface area contributed by atoms with Gasteiger partial charge in [-0.05, 0) is 19.1 Å². The molecule has 0 amide bonds. The van der Waals surface area contributed by atoms with Gasteiger partial charge in [0.2, 0.25) is 7.37 Å². The van der Waals surface area contributed by atoms with E-state index in [1.807, 2.05) is 45.0 Å². The molecule has 0 saturated heterocycles. The molecule has 1 aromatic carbocycles.